The van der Waals surface area contributed by atoms with Crippen LogP contribution in [0.25, 0.3) is 0 Å². The third-order valence-corrected chi connectivity index (χ3v) is 2.84. The molecule has 0 unspecified atom stereocenters. The van der Waals surface area contributed by atoms with Gasteiger partial charge in [0.2, 0.25) is 0 Å². The highest BCUT2D eigenvalue weighted by atomic mass is 79.9. The number of carbonyl (C=O) groups is 1. The number of nitrogens with one attached hydrogen (secondary N) is 1. The van der Waals surface area contributed by atoms with E-state index in [4.69, 9.17) is 16.0 Å². The Labute approximate surface area is 117 Å². The van der Waals surface area contributed by atoms with Gasteiger partial charge in [-0.2, -0.15) is 5.10 Å². The molecule has 0 aliphatic heterocycles. The SMILES string of the molecule is O=C(NN=Cc1ccccc1Cl)c1ccc(Br)o1. The zero-order chi connectivity index (χ0) is 13.0. The van der Waals surface area contributed by atoms with Gasteiger partial charge in [0, 0.05) is 10.6 Å². The first kappa shape index (κ1) is 12.9. The summed E-state index contributed by atoms with van der Waals surface area (Å²) in [6, 6.07) is 10.4. The van der Waals surface area contributed by atoms with Crippen molar-refractivity contribution in [3.05, 3.63) is 57.4 Å². The van der Waals surface area contributed by atoms with E-state index in [9.17, 15) is 4.79 Å². The normalized spacial score (nSPS) is 10.8. The first-order valence-electron chi connectivity index (χ1n) is 5.00. The molecular formula is C12H8BrClN2O2. The third kappa shape index (κ3) is 3.21. The highest BCUT2D eigenvalue weighted by Crippen LogP contribution is 2.14. The molecule has 1 amide bonds. The maximum absolute atomic E-state index is 11.6. The summed E-state index contributed by atoms with van der Waals surface area (Å²) in [7, 11) is 0. The van der Waals surface area contributed by atoms with Gasteiger partial charge in [0.1, 0.15) is 0 Å². The molecule has 0 radical (unpaired) electrons. The fourth-order valence-electron chi connectivity index (χ4n) is 1.23. The summed E-state index contributed by atoms with van der Waals surface area (Å²) in [5, 5.41) is 4.37. The fraction of sp³-hybridized carbons (Fsp3) is 0. The molecule has 1 N–H and O–H groups in total. The molecule has 4 nitrogen and oxygen atoms in total. The van der Waals surface area contributed by atoms with Crippen molar-refractivity contribution >= 4 is 39.7 Å². The minimum Gasteiger partial charge on any atom is -0.444 e. The summed E-state index contributed by atoms with van der Waals surface area (Å²) in [5.41, 5.74) is 3.07. The Morgan fingerprint density at radius 2 is 2.11 bits per heavy atom. The molecule has 0 aliphatic carbocycles. The lowest BCUT2D eigenvalue weighted by molar-refractivity contribution is 0.0926. The van der Waals surface area contributed by atoms with Crippen LogP contribution in [0.1, 0.15) is 16.1 Å². The predicted molar refractivity (Wildman–Crippen MR) is 72.9 cm³/mol. The number of rotatable bonds is 3. The highest BCUT2D eigenvalue weighted by molar-refractivity contribution is 9.10. The second-order valence-electron chi connectivity index (χ2n) is 3.32. The predicted octanol–water partition coefficient (Wildman–Crippen LogP) is 3.46. The molecular weight excluding hydrogens is 320 g/mol. The van der Waals surface area contributed by atoms with E-state index in [1.807, 2.05) is 12.1 Å². The van der Waals surface area contributed by atoms with Crippen molar-refractivity contribution in [2.45, 2.75) is 0 Å². The van der Waals surface area contributed by atoms with Crippen LogP contribution in [-0.2, 0) is 0 Å². The van der Waals surface area contributed by atoms with E-state index in [-0.39, 0.29) is 5.76 Å². The Kier molecular flexibility index (Phi) is 4.17. The van der Waals surface area contributed by atoms with Crippen molar-refractivity contribution in [3.8, 4) is 0 Å². The van der Waals surface area contributed by atoms with Gasteiger partial charge in [0.15, 0.2) is 10.4 Å². The van der Waals surface area contributed by atoms with Gasteiger partial charge in [-0.15, -0.1) is 0 Å². The number of hydrogen-bond acceptors (Lipinski definition) is 3. The van der Waals surface area contributed by atoms with Gasteiger partial charge in [-0.05, 0) is 34.1 Å². The quantitative estimate of drug-likeness (QED) is 0.693. The Hall–Kier alpha value is -1.59. The Morgan fingerprint density at radius 1 is 1.33 bits per heavy atom. The van der Waals surface area contributed by atoms with Crippen molar-refractivity contribution in [3.63, 3.8) is 0 Å². The summed E-state index contributed by atoms with van der Waals surface area (Å²) in [6.45, 7) is 0. The van der Waals surface area contributed by atoms with Gasteiger partial charge in [0.05, 0.1) is 6.21 Å². The second kappa shape index (κ2) is 5.84. The maximum atomic E-state index is 11.6. The number of halogens is 2. The average Bonchev–Trinajstić information content (AvgIpc) is 2.78. The van der Waals surface area contributed by atoms with Crippen molar-refractivity contribution in [2.24, 2.45) is 5.10 Å². The smallest absolute Gasteiger partial charge is 0.307 e. The number of furan rings is 1. The van der Waals surface area contributed by atoms with Gasteiger partial charge >= 0.3 is 5.91 Å². The largest absolute Gasteiger partial charge is 0.444 e. The molecule has 1 heterocycles. The standard InChI is InChI=1S/C12H8BrClN2O2/c13-11-6-5-10(18-11)12(17)16-15-7-8-3-1-2-4-9(8)14/h1-7H,(H,16,17). The minimum absolute atomic E-state index is 0.179. The fourth-order valence-corrected chi connectivity index (χ4v) is 1.72. The van der Waals surface area contributed by atoms with E-state index in [0.29, 0.717) is 9.69 Å². The molecule has 1 aromatic carbocycles. The van der Waals surface area contributed by atoms with Gasteiger partial charge in [-0.3, -0.25) is 4.79 Å². The molecule has 2 aromatic rings. The van der Waals surface area contributed by atoms with Gasteiger partial charge in [-0.1, -0.05) is 29.8 Å². The van der Waals surface area contributed by atoms with Gasteiger partial charge < -0.3 is 4.42 Å². The van der Waals surface area contributed by atoms with Crippen LogP contribution in [-0.4, -0.2) is 12.1 Å². The van der Waals surface area contributed by atoms with Crippen molar-refractivity contribution in [1.82, 2.24) is 5.43 Å². The highest BCUT2D eigenvalue weighted by Gasteiger charge is 2.08. The molecule has 0 saturated heterocycles. The van der Waals surface area contributed by atoms with Gasteiger partial charge in [0.25, 0.3) is 0 Å². The van der Waals surface area contributed by atoms with Crippen LogP contribution in [0.2, 0.25) is 5.02 Å². The lowest BCUT2D eigenvalue weighted by Crippen LogP contribution is -2.16. The van der Waals surface area contributed by atoms with Crippen molar-refractivity contribution in [2.75, 3.05) is 0 Å². The van der Waals surface area contributed by atoms with Crippen LogP contribution in [0.15, 0.2) is 50.6 Å². The number of hydrazone groups is 1. The van der Waals surface area contributed by atoms with Crippen LogP contribution < -0.4 is 5.43 Å². The summed E-state index contributed by atoms with van der Waals surface area (Å²) in [4.78, 5) is 11.6. The molecule has 0 atom stereocenters. The average molecular weight is 328 g/mol. The topological polar surface area (TPSA) is 54.6 Å². The lowest BCUT2D eigenvalue weighted by atomic mass is 10.2. The molecule has 92 valence electrons. The zero-order valence-corrected chi connectivity index (χ0v) is 11.4. The molecule has 1 aromatic heterocycles. The number of carbonyl (C=O) groups excluding carboxylic acids is 1. The molecule has 0 saturated carbocycles. The first-order chi connectivity index (χ1) is 8.66. The van der Waals surface area contributed by atoms with Crippen molar-refractivity contribution < 1.29 is 9.21 Å². The monoisotopic (exact) mass is 326 g/mol. The molecule has 0 aliphatic rings. The second-order valence-corrected chi connectivity index (χ2v) is 4.51. The first-order valence-corrected chi connectivity index (χ1v) is 6.17. The Bertz CT molecular complexity index is 595. The molecule has 0 fully saturated rings. The number of hydrogen-bond donors (Lipinski definition) is 1. The van der Waals surface area contributed by atoms with E-state index in [1.165, 1.54) is 6.21 Å². The maximum Gasteiger partial charge on any atom is 0.307 e. The van der Waals surface area contributed by atoms with E-state index >= 15 is 0 Å². The molecule has 0 bridgehead atoms. The Balaban J connectivity index is 2.00. The summed E-state index contributed by atoms with van der Waals surface area (Å²) in [6.07, 6.45) is 1.47. The zero-order valence-electron chi connectivity index (χ0n) is 9.06. The number of amides is 1. The van der Waals surface area contributed by atoms with Crippen LogP contribution in [0.4, 0.5) is 0 Å². The third-order valence-electron chi connectivity index (χ3n) is 2.07. The van der Waals surface area contributed by atoms with Crippen molar-refractivity contribution in [1.29, 1.82) is 0 Å². The molecule has 0 spiro atoms. The summed E-state index contributed by atoms with van der Waals surface area (Å²) >= 11 is 9.04. The Morgan fingerprint density at radius 3 is 2.78 bits per heavy atom. The van der Waals surface area contributed by atoms with Crippen LogP contribution in [0.3, 0.4) is 0 Å². The van der Waals surface area contributed by atoms with E-state index in [1.54, 1.807) is 24.3 Å². The van der Waals surface area contributed by atoms with E-state index in [2.05, 4.69) is 26.5 Å². The molecule has 18 heavy (non-hydrogen) atoms. The van der Waals surface area contributed by atoms with Crippen LogP contribution in [0.5, 0.6) is 0 Å². The van der Waals surface area contributed by atoms with Crippen LogP contribution in [0, 0.1) is 0 Å². The number of benzene rings is 1. The molecule has 6 heteroatoms. The van der Waals surface area contributed by atoms with E-state index in [0.717, 1.165) is 5.56 Å². The summed E-state index contributed by atoms with van der Waals surface area (Å²) < 4.78 is 5.57. The van der Waals surface area contributed by atoms with Crippen LogP contribution >= 0.6 is 27.5 Å². The van der Waals surface area contributed by atoms with Gasteiger partial charge in [-0.25, -0.2) is 5.43 Å². The molecule has 2 rings (SSSR count). The van der Waals surface area contributed by atoms with E-state index < -0.39 is 5.91 Å². The lowest BCUT2D eigenvalue weighted by Gasteiger charge is -1.97. The number of nitrogens with zero attached hydrogens (tertiary/aromatic N) is 1. The minimum atomic E-state index is -0.427. The summed E-state index contributed by atoms with van der Waals surface area (Å²) in [5.74, 6) is -0.248.